The molecule has 0 fully saturated rings. The maximum atomic E-state index is 12.1. The number of thiol groups is 1. The van der Waals surface area contributed by atoms with E-state index in [0.29, 0.717) is 6.08 Å². The second-order valence-corrected chi connectivity index (χ2v) is 3.21. The minimum atomic E-state index is -4.61. The summed E-state index contributed by atoms with van der Waals surface area (Å²) < 4.78 is 36.4. The lowest BCUT2D eigenvalue weighted by atomic mass is 10.0. The number of rotatable bonds is 0. The van der Waals surface area contributed by atoms with Gasteiger partial charge in [-0.1, -0.05) is 0 Å². The van der Waals surface area contributed by atoms with E-state index in [0.717, 1.165) is 0 Å². The molecule has 0 amide bonds. The Hall–Kier alpha value is -1.16. The highest BCUT2D eigenvalue weighted by molar-refractivity contribution is 7.81. The number of ketones is 1. The van der Waals surface area contributed by atoms with Crippen LogP contribution in [-0.2, 0) is 4.79 Å². The van der Waals surface area contributed by atoms with Crippen LogP contribution in [0.25, 0.3) is 0 Å². The summed E-state index contributed by atoms with van der Waals surface area (Å²) in [7, 11) is 0. The summed E-state index contributed by atoms with van der Waals surface area (Å²) in [4.78, 5) is 11.0. The van der Waals surface area contributed by atoms with Gasteiger partial charge in [-0.05, 0) is 0 Å². The average Bonchev–Trinajstić information content (AvgIpc) is 2.01. The second-order valence-electron chi connectivity index (χ2n) is 2.65. The Kier molecular flexibility index (Phi) is 2.76. The van der Waals surface area contributed by atoms with Crippen molar-refractivity contribution in [3.05, 3.63) is 11.8 Å². The van der Waals surface area contributed by atoms with E-state index in [1.807, 2.05) is 5.32 Å². The van der Waals surface area contributed by atoms with E-state index in [1.54, 1.807) is 6.07 Å². The Balaban J connectivity index is 2.98. The van der Waals surface area contributed by atoms with Crippen molar-refractivity contribution in [2.75, 3.05) is 0 Å². The third kappa shape index (κ3) is 2.01. The molecule has 0 saturated heterocycles. The van der Waals surface area contributed by atoms with Gasteiger partial charge in [0.15, 0.2) is 5.78 Å². The van der Waals surface area contributed by atoms with Crippen molar-refractivity contribution < 1.29 is 18.0 Å². The van der Waals surface area contributed by atoms with Crippen LogP contribution >= 0.6 is 12.6 Å². The van der Waals surface area contributed by atoms with Crippen molar-refractivity contribution in [2.24, 2.45) is 5.92 Å². The van der Waals surface area contributed by atoms with Gasteiger partial charge in [-0.3, -0.25) is 4.79 Å². The number of nitrogens with one attached hydrogen (secondary N) is 1. The highest BCUT2D eigenvalue weighted by Gasteiger charge is 2.41. The van der Waals surface area contributed by atoms with Gasteiger partial charge in [0.1, 0.15) is 11.6 Å². The summed E-state index contributed by atoms with van der Waals surface area (Å²) in [5.74, 6) is -2.05. The zero-order valence-electron chi connectivity index (χ0n) is 6.67. The fraction of sp³-hybridized carbons (Fsp3) is 0.429. The zero-order valence-corrected chi connectivity index (χ0v) is 7.56. The number of carbonyl (C=O) groups is 1. The van der Waals surface area contributed by atoms with E-state index in [-0.39, 0.29) is 0 Å². The van der Waals surface area contributed by atoms with Crippen molar-refractivity contribution >= 4 is 18.4 Å². The minimum absolute atomic E-state index is 0.389. The molecule has 76 valence electrons. The molecule has 1 aliphatic heterocycles. The van der Waals surface area contributed by atoms with Gasteiger partial charge in [-0.15, -0.1) is 0 Å². The van der Waals surface area contributed by atoms with Crippen LogP contribution in [0.15, 0.2) is 11.8 Å². The first-order chi connectivity index (χ1) is 6.36. The summed E-state index contributed by atoms with van der Waals surface area (Å²) in [6.07, 6.45) is -4.22. The highest BCUT2D eigenvalue weighted by atomic mass is 32.1. The molecular formula is C7H5F3N2OS. The molecule has 0 bridgehead atoms. The summed E-state index contributed by atoms with van der Waals surface area (Å²) in [5.41, 5.74) is -1.16. The van der Waals surface area contributed by atoms with Crippen LogP contribution in [0.5, 0.6) is 0 Å². The Morgan fingerprint density at radius 3 is 2.50 bits per heavy atom. The van der Waals surface area contributed by atoms with E-state index >= 15 is 0 Å². The molecular weight excluding hydrogens is 217 g/mol. The quantitative estimate of drug-likeness (QED) is 0.601. The first-order valence-corrected chi connectivity index (χ1v) is 4.05. The molecule has 0 radical (unpaired) electrons. The van der Waals surface area contributed by atoms with E-state index in [4.69, 9.17) is 5.26 Å². The number of nitrogens with zero attached hydrogens (tertiary/aromatic N) is 1. The first kappa shape index (κ1) is 10.9. The predicted molar refractivity (Wildman–Crippen MR) is 44.2 cm³/mol. The fourth-order valence-electron chi connectivity index (χ4n) is 0.970. The Bertz CT molecular complexity index is 331. The number of nitriles is 1. The van der Waals surface area contributed by atoms with Crippen LogP contribution in [0.2, 0.25) is 0 Å². The van der Waals surface area contributed by atoms with Crippen LogP contribution in [0, 0.1) is 17.2 Å². The monoisotopic (exact) mass is 222 g/mol. The SMILES string of the molecule is N#CC1C(=O)C=C(C(F)(F)F)NC1S. The lowest BCUT2D eigenvalue weighted by Crippen LogP contribution is -2.43. The topological polar surface area (TPSA) is 52.9 Å². The predicted octanol–water partition coefficient (Wildman–Crippen LogP) is 1.00. The molecule has 0 saturated carbocycles. The molecule has 2 unspecified atom stereocenters. The van der Waals surface area contributed by atoms with Gasteiger partial charge >= 0.3 is 6.18 Å². The van der Waals surface area contributed by atoms with Gasteiger partial charge in [0.05, 0.1) is 11.4 Å². The summed E-state index contributed by atoms with van der Waals surface area (Å²) in [6.45, 7) is 0. The molecule has 0 aromatic heterocycles. The minimum Gasteiger partial charge on any atom is -0.368 e. The molecule has 0 aliphatic carbocycles. The number of allylic oxidation sites excluding steroid dienone is 2. The van der Waals surface area contributed by atoms with Crippen molar-refractivity contribution in [3.8, 4) is 6.07 Å². The van der Waals surface area contributed by atoms with Crippen LogP contribution in [0.1, 0.15) is 0 Å². The third-order valence-corrected chi connectivity index (χ3v) is 2.08. The van der Waals surface area contributed by atoms with Crippen molar-refractivity contribution in [2.45, 2.75) is 11.6 Å². The summed E-state index contributed by atoms with van der Waals surface area (Å²) in [6, 6.07) is 1.58. The van der Waals surface area contributed by atoms with Crippen LogP contribution in [0.3, 0.4) is 0 Å². The van der Waals surface area contributed by atoms with Gasteiger partial charge < -0.3 is 5.32 Å². The van der Waals surface area contributed by atoms with Gasteiger partial charge in [-0.2, -0.15) is 31.1 Å². The molecule has 1 aliphatic rings. The van der Waals surface area contributed by atoms with E-state index in [1.165, 1.54) is 0 Å². The Labute approximate surface area is 83.0 Å². The molecule has 7 heteroatoms. The summed E-state index contributed by atoms with van der Waals surface area (Å²) in [5, 5.41) is 9.28. The number of hydrogen-bond donors (Lipinski definition) is 2. The standard InChI is InChI=1S/C7H5F3N2OS/c8-7(9,10)5-1-4(13)3(2-11)6(14)12-5/h1,3,6,12,14H. The third-order valence-electron chi connectivity index (χ3n) is 1.66. The number of hydrogen-bond acceptors (Lipinski definition) is 4. The number of carbonyl (C=O) groups excluding carboxylic acids is 1. The van der Waals surface area contributed by atoms with Gasteiger partial charge in [0.2, 0.25) is 0 Å². The number of alkyl halides is 3. The van der Waals surface area contributed by atoms with Crippen molar-refractivity contribution in [1.82, 2.24) is 5.32 Å². The molecule has 1 N–H and O–H groups in total. The summed E-state index contributed by atoms with van der Waals surface area (Å²) >= 11 is 3.69. The van der Waals surface area contributed by atoms with E-state index in [9.17, 15) is 18.0 Å². The second kappa shape index (κ2) is 3.53. The molecule has 1 heterocycles. The maximum Gasteiger partial charge on any atom is 0.431 e. The normalized spacial score (nSPS) is 27.6. The van der Waals surface area contributed by atoms with Crippen molar-refractivity contribution in [3.63, 3.8) is 0 Å². The Morgan fingerprint density at radius 1 is 1.57 bits per heavy atom. The van der Waals surface area contributed by atoms with Gasteiger partial charge in [-0.25, -0.2) is 0 Å². The average molecular weight is 222 g/mol. The van der Waals surface area contributed by atoms with Gasteiger partial charge in [0.25, 0.3) is 0 Å². The first-order valence-electron chi connectivity index (χ1n) is 3.53. The van der Waals surface area contributed by atoms with Crippen LogP contribution in [0.4, 0.5) is 13.2 Å². The molecule has 0 aromatic carbocycles. The largest absolute Gasteiger partial charge is 0.431 e. The molecule has 2 atom stereocenters. The van der Waals surface area contributed by atoms with E-state index < -0.39 is 28.9 Å². The fourth-order valence-corrected chi connectivity index (χ4v) is 1.32. The molecule has 0 spiro atoms. The molecule has 3 nitrogen and oxygen atoms in total. The van der Waals surface area contributed by atoms with E-state index in [2.05, 4.69) is 12.6 Å². The molecule has 0 aromatic rings. The van der Waals surface area contributed by atoms with Crippen LogP contribution < -0.4 is 5.32 Å². The molecule has 14 heavy (non-hydrogen) atoms. The Morgan fingerprint density at radius 2 is 2.14 bits per heavy atom. The zero-order chi connectivity index (χ0) is 10.9. The smallest absolute Gasteiger partial charge is 0.368 e. The van der Waals surface area contributed by atoms with Crippen LogP contribution in [-0.4, -0.2) is 17.3 Å². The lowest BCUT2D eigenvalue weighted by molar-refractivity contribution is -0.121. The van der Waals surface area contributed by atoms with Gasteiger partial charge in [0, 0.05) is 6.08 Å². The molecule has 1 rings (SSSR count). The van der Waals surface area contributed by atoms with Crippen molar-refractivity contribution in [1.29, 1.82) is 5.26 Å². The highest BCUT2D eigenvalue weighted by Crippen LogP contribution is 2.28. The number of halogens is 3. The lowest BCUT2D eigenvalue weighted by Gasteiger charge is -2.25. The maximum absolute atomic E-state index is 12.1.